The average molecular weight is 626 g/mol. The van der Waals surface area contributed by atoms with Crippen molar-refractivity contribution in [1.82, 2.24) is 10.2 Å². The average Bonchev–Trinajstić information content (AvgIpc) is 3.03. The Balaban J connectivity index is 2.07. The van der Waals surface area contributed by atoms with Crippen molar-refractivity contribution in [2.24, 2.45) is 0 Å². The van der Waals surface area contributed by atoms with Gasteiger partial charge >= 0.3 is 0 Å². The Hall–Kier alpha value is -4.25. The number of sulfonamides is 1. The summed E-state index contributed by atoms with van der Waals surface area (Å²) in [5.41, 5.74) is 2.01. The van der Waals surface area contributed by atoms with Crippen LogP contribution in [0.15, 0.2) is 71.6 Å². The third kappa shape index (κ3) is 8.43. The van der Waals surface area contributed by atoms with Crippen LogP contribution in [0.25, 0.3) is 0 Å². The van der Waals surface area contributed by atoms with Gasteiger partial charge in [-0.1, -0.05) is 50.1 Å². The summed E-state index contributed by atoms with van der Waals surface area (Å²) in [6, 6.07) is 17.5. The molecule has 3 aromatic rings. The molecule has 2 amide bonds. The van der Waals surface area contributed by atoms with Gasteiger partial charge in [0.25, 0.3) is 10.0 Å². The van der Waals surface area contributed by atoms with Gasteiger partial charge in [-0.15, -0.1) is 0 Å². The number of unbranched alkanes of at least 4 members (excludes halogenated alkanes) is 1. The molecule has 44 heavy (non-hydrogen) atoms. The van der Waals surface area contributed by atoms with Crippen LogP contribution in [0.5, 0.6) is 17.2 Å². The molecule has 0 aliphatic carbocycles. The van der Waals surface area contributed by atoms with Gasteiger partial charge in [-0.2, -0.15) is 0 Å². The number of carbonyl (C=O) groups is 2. The molecule has 3 aromatic carbocycles. The van der Waals surface area contributed by atoms with E-state index in [0.29, 0.717) is 30.2 Å². The van der Waals surface area contributed by atoms with E-state index in [0.717, 1.165) is 28.3 Å². The van der Waals surface area contributed by atoms with Crippen molar-refractivity contribution in [3.8, 4) is 17.2 Å². The zero-order valence-electron chi connectivity index (χ0n) is 26.3. The summed E-state index contributed by atoms with van der Waals surface area (Å²) >= 11 is 0. The first-order chi connectivity index (χ1) is 21.1. The second-order valence-electron chi connectivity index (χ2n) is 10.3. The third-order valence-corrected chi connectivity index (χ3v) is 9.04. The van der Waals surface area contributed by atoms with Gasteiger partial charge in [-0.3, -0.25) is 13.9 Å². The van der Waals surface area contributed by atoms with Crippen LogP contribution in [0.3, 0.4) is 0 Å². The molecule has 0 aliphatic heterocycles. The highest BCUT2D eigenvalue weighted by atomic mass is 32.2. The van der Waals surface area contributed by atoms with E-state index in [1.807, 2.05) is 32.9 Å². The monoisotopic (exact) mass is 625 g/mol. The van der Waals surface area contributed by atoms with Crippen LogP contribution in [0, 0.1) is 6.92 Å². The molecule has 0 unspecified atom stereocenters. The molecule has 238 valence electrons. The van der Waals surface area contributed by atoms with Crippen molar-refractivity contribution in [1.29, 1.82) is 0 Å². The number of hydrogen-bond acceptors (Lipinski definition) is 7. The van der Waals surface area contributed by atoms with E-state index < -0.39 is 28.5 Å². The maximum absolute atomic E-state index is 14.2. The number of methoxy groups -OCH3 is 3. The molecule has 11 heteroatoms. The maximum atomic E-state index is 14.2. The Morgan fingerprint density at radius 2 is 1.52 bits per heavy atom. The summed E-state index contributed by atoms with van der Waals surface area (Å²) in [5.74, 6) is 0.451. The third-order valence-electron chi connectivity index (χ3n) is 7.27. The standard InChI is InChI=1S/C33H43N3O7S/c1-7-9-20-34-33(38)29(8-2)35(22-25-12-16-27(41-4)17-13-25)32(37)23-36(26-14-10-24(3)11-15-26)44(39,40)28-18-19-30(42-5)31(21-28)43-6/h10-19,21,29H,7-9,20,22-23H2,1-6H3,(H,34,38)/t29-/m1/s1. The summed E-state index contributed by atoms with van der Waals surface area (Å²) in [5, 5.41) is 2.93. The quantitative estimate of drug-likeness (QED) is 0.224. The van der Waals surface area contributed by atoms with Crippen molar-refractivity contribution in [2.75, 3.05) is 38.7 Å². The van der Waals surface area contributed by atoms with E-state index in [2.05, 4.69) is 5.32 Å². The highest BCUT2D eigenvalue weighted by molar-refractivity contribution is 7.92. The smallest absolute Gasteiger partial charge is 0.264 e. The van der Waals surface area contributed by atoms with E-state index >= 15 is 0 Å². The number of nitrogens with zero attached hydrogens (tertiary/aromatic N) is 2. The molecule has 0 spiro atoms. The predicted octanol–water partition coefficient (Wildman–Crippen LogP) is 4.94. The second-order valence-corrected chi connectivity index (χ2v) is 12.2. The molecule has 0 saturated carbocycles. The minimum Gasteiger partial charge on any atom is -0.497 e. The summed E-state index contributed by atoms with van der Waals surface area (Å²) in [6.07, 6.45) is 2.05. The molecular weight excluding hydrogens is 582 g/mol. The molecule has 0 radical (unpaired) electrons. The summed E-state index contributed by atoms with van der Waals surface area (Å²) in [4.78, 5) is 29.0. The largest absolute Gasteiger partial charge is 0.497 e. The molecule has 3 rings (SSSR count). The number of rotatable bonds is 16. The van der Waals surface area contributed by atoms with Crippen LogP contribution < -0.4 is 23.8 Å². The SMILES string of the molecule is CCCCNC(=O)[C@@H](CC)N(Cc1ccc(OC)cc1)C(=O)CN(c1ccc(C)cc1)S(=O)(=O)c1ccc(OC)c(OC)c1. The molecular formula is C33H43N3O7S. The number of amides is 2. The van der Waals surface area contributed by atoms with Gasteiger partial charge in [0.1, 0.15) is 18.3 Å². The topological polar surface area (TPSA) is 114 Å². The normalized spacial score (nSPS) is 11.8. The van der Waals surface area contributed by atoms with E-state index in [4.69, 9.17) is 14.2 Å². The molecule has 1 N–H and O–H groups in total. The van der Waals surface area contributed by atoms with Crippen LogP contribution in [0.2, 0.25) is 0 Å². The first-order valence-corrected chi connectivity index (χ1v) is 16.0. The lowest BCUT2D eigenvalue weighted by Crippen LogP contribution is -2.52. The van der Waals surface area contributed by atoms with Crippen LogP contribution in [-0.2, 0) is 26.2 Å². The summed E-state index contributed by atoms with van der Waals surface area (Å²) < 4.78 is 45.3. The van der Waals surface area contributed by atoms with Gasteiger partial charge in [0.15, 0.2) is 11.5 Å². The van der Waals surface area contributed by atoms with Gasteiger partial charge < -0.3 is 24.4 Å². The number of carbonyl (C=O) groups excluding carboxylic acids is 2. The van der Waals surface area contributed by atoms with Gasteiger partial charge in [0, 0.05) is 19.2 Å². The molecule has 1 atom stereocenters. The zero-order chi connectivity index (χ0) is 32.3. The Bertz CT molecular complexity index is 1490. The van der Waals surface area contributed by atoms with E-state index in [1.165, 1.54) is 37.3 Å². The van der Waals surface area contributed by atoms with E-state index in [1.54, 1.807) is 43.5 Å². The predicted molar refractivity (Wildman–Crippen MR) is 171 cm³/mol. The number of anilines is 1. The Kier molecular flexibility index (Phi) is 12.5. The highest BCUT2D eigenvalue weighted by Gasteiger charge is 2.34. The molecule has 0 aliphatic rings. The fourth-order valence-electron chi connectivity index (χ4n) is 4.70. The van der Waals surface area contributed by atoms with Gasteiger partial charge in [-0.25, -0.2) is 8.42 Å². The first-order valence-electron chi connectivity index (χ1n) is 14.6. The zero-order valence-corrected chi connectivity index (χ0v) is 27.1. The maximum Gasteiger partial charge on any atom is 0.264 e. The number of benzene rings is 3. The van der Waals surface area contributed by atoms with Crippen LogP contribution in [0.1, 0.15) is 44.2 Å². The highest BCUT2D eigenvalue weighted by Crippen LogP contribution is 2.32. The molecule has 0 aromatic heterocycles. The second kappa shape index (κ2) is 16.0. The van der Waals surface area contributed by atoms with Crippen molar-refractivity contribution < 1.29 is 32.2 Å². The molecule has 0 bridgehead atoms. The van der Waals surface area contributed by atoms with Crippen LogP contribution in [0.4, 0.5) is 5.69 Å². The fourth-order valence-corrected chi connectivity index (χ4v) is 6.13. The number of nitrogens with one attached hydrogen (secondary N) is 1. The molecule has 0 saturated heterocycles. The Labute approximate surface area is 261 Å². The molecule has 10 nitrogen and oxygen atoms in total. The Morgan fingerprint density at radius 1 is 0.864 bits per heavy atom. The molecule has 0 fully saturated rings. The van der Waals surface area contributed by atoms with Gasteiger partial charge in [-0.05, 0) is 61.7 Å². The number of ether oxygens (including phenoxy) is 3. The van der Waals surface area contributed by atoms with Crippen molar-refractivity contribution in [2.45, 2.75) is 57.5 Å². The number of hydrogen-bond donors (Lipinski definition) is 1. The minimum atomic E-state index is -4.27. The lowest BCUT2D eigenvalue weighted by molar-refractivity contribution is -0.140. The van der Waals surface area contributed by atoms with E-state index in [-0.39, 0.29) is 23.1 Å². The fraction of sp³-hybridized carbons (Fsp3) is 0.394. The van der Waals surface area contributed by atoms with Crippen LogP contribution in [-0.4, -0.2) is 65.6 Å². The summed E-state index contributed by atoms with van der Waals surface area (Å²) in [7, 11) is 0.176. The Morgan fingerprint density at radius 3 is 2.09 bits per heavy atom. The van der Waals surface area contributed by atoms with Crippen LogP contribution >= 0.6 is 0 Å². The lowest BCUT2D eigenvalue weighted by Gasteiger charge is -2.33. The van der Waals surface area contributed by atoms with E-state index in [9.17, 15) is 18.0 Å². The van der Waals surface area contributed by atoms with Crippen molar-refractivity contribution in [3.05, 3.63) is 77.9 Å². The summed E-state index contributed by atoms with van der Waals surface area (Å²) in [6.45, 7) is 5.80. The van der Waals surface area contributed by atoms with Crippen molar-refractivity contribution in [3.63, 3.8) is 0 Å². The van der Waals surface area contributed by atoms with Gasteiger partial charge in [0.2, 0.25) is 11.8 Å². The lowest BCUT2D eigenvalue weighted by atomic mass is 10.1. The van der Waals surface area contributed by atoms with Gasteiger partial charge in [0.05, 0.1) is 31.9 Å². The molecule has 0 heterocycles. The number of aryl methyl sites for hydroxylation is 1. The first kappa shape index (κ1) is 34.2. The van der Waals surface area contributed by atoms with Crippen molar-refractivity contribution >= 4 is 27.5 Å². The minimum absolute atomic E-state index is 0.0745.